The van der Waals surface area contributed by atoms with Gasteiger partial charge in [-0.15, -0.1) is 6.61 Å². The van der Waals surface area contributed by atoms with Crippen molar-refractivity contribution >= 4 is 0 Å². The summed E-state index contributed by atoms with van der Waals surface area (Å²) < 4.78 is 15.1. The maximum atomic E-state index is 9.92. The molecule has 0 aromatic heterocycles. The molecule has 0 saturated heterocycles. The Morgan fingerprint density at radius 2 is 1.33 bits per heavy atom. The van der Waals surface area contributed by atoms with Crippen LogP contribution in [0.3, 0.4) is 0 Å². The summed E-state index contributed by atoms with van der Waals surface area (Å²) in [5.41, 5.74) is 0. The topological polar surface area (TPSA) is 50.8 Å². The smallest absolute Gasteiger partial charge is 0.0701 e. The molecule has 0 spiro atoms. The van der Waals surface area contributed by atoms with Crippen LogP contribution in [0, 0.1) is 0 Å². The van der Waals surface area contributed by atoms with Gasteiger partial charge < -0.3 is 19.3 Å². The molecule has 0 saturated carbocycles. The zero-order chi connectivity index (χ0) is 9.07. The van der Waals surface area contributed by atoms with Gasteiger partial charge in [0, 0.05) is 13.2 Å². The van der Waals surface area contributed by atoms with Gasteiger partial charge in [-0.05, 0) is 6.92 Å². The van der Waals surface area contributed by atoms with Gasteiger partial charge in [-0.3, -0.25) is 0 Å². The lowest BCUT2D eigenvalue weighted by molar-refractivity contribution is -0.374. The Morgan fingerprint density at radius 1 is 0.833 bits per heavy atom. The summed E-state index contributed by atoms with van der Waals surface area (Å²) in [5, 5.41) is 9.92. The Bertz CT molecular complexity index is 67.5. The molecule has 0 fully saturated rings. The largest absolute Gasteiger partial charge is 0.853 e. The standard InChI is InChI=1S/C8H17O4/c1-2-10-5-6-12-8-7-11-4-3-9/h2-8H2,1H3/q-1. The highest BCUT2D eigenvalue weighted by Gasteiger charge is 1.87. The highest BCUT2D eigenvalue weighted by molar-refractivity contribution is 4.31. The van der Waals surface area contributed by atoms with Crippen LogP contribution in [0.4, 0.5) is 0 Å². The van der Waals surface area contributed by atoms with E-state index in [4.69, 9.17) is 14.2 Å². The van der Waals surface area contributed by atoms with Crippen molar-refractivity contribution in [1.29, 1.82) is 0 Å². The van der Waals surface area contributed by atoms with Crippen molar-refractivity contribution in [1.82, 2.24) is 0 Å². The molecule has 0 bridgehead atoms. The maximum absolute atomic E-state index is 9.92. The Morgan fingerprint density at radius 3 is 1.83 bits per heavy atom. The van der Waals surface area contributed by atoms with Crippen molar-refractivity contribution < 1.29 is 19.3 Å². The average molecular weight is 177 g/mol. The fourth-order valence-electron chi connectivity index (χ4n) is 0.643. The van der Waals surface area contributed by atoms with E-state index < -0.39 is 0 Å². The van der Waals surface area contributed by atoms with Crippen LogP contribution in [0.5, 0.6) is 0 Å². The molecule has 0 aromatic carbocycles. The van der Waals surface area contributed by atoms with Gasteiger partial charge in [0.25, 0.3) is 0 Å². The highest BCUT2D eigenvalue weighted by atomic mass is 16.5. The molecule has 4 nitrogen and oxygen atoms in total. The van der Waals surface area contributed by atoms with Crippen molar-refractivity contribution in [2.24, 2.45) is 0 Å². The van der Waals surface area contributed by atoms with Crippen LogP contribution in [0.1, 0.15) is 6.92 Å². The van der Waals surface area contributed by atoms with E-state index in [0.717, 1.165) is 6.61 Å². The lowest BCUT2D eigenvalue weighted by Crippen LogP contribution is -2.16. The Kier molecular flexibility index (Phi) is 10.7. The van der Waals surface area contributed by atoms with E-state index in [2.05, 4.69) is 0 Å². The van der Waals surface area contributed by atoms with Crippen LogP contribution in [0.25, 0.3) is 0 Å². The number of ether oxygens (including phenoxy) is 3. The van der Waals surface area contributed by atoms with E-state index in [1.54, 1.807) is 0 Å². The minimum absolute atomic E-state index is 0.182. The summed E-state index contributed by atoms with van der Waals surface area (Å²) in [6.07, 6.45) is 0. The SMILES string of the molecule is CCOCCOCCOCC[O-]. The second-order valence-electron chi connectivity index (χ2n) is 2.13. The zero-order valence-electron chi connectivity index (χ0n) is 7.58. The third-order valence-corrected chi connectivity index (χ3v) is 1.18. The van der Waals surface area contributed by atoms with Gasteiger partial charge in [0.2, 0.25) is 0 Å². The Balaban J connectivity index is 2.73. The quantitative estimate of drug-likeness (QED) is 0.442. The molecular formula is C8H17O4-. The number of hydrogen-bond acceptors (Lipinski definition) is 4. The summed E-state index contributed by atoms with van der Waals surface area (Å²) in [7, 11) is 0. The molecule has 0 heterocycles. The molecule has 0 unspecified atom stereocenters. The van der Waals surface area contributed by atoms with Gasteiger partial charge in [-0.25, -0.2) is 0 Å². The summed E-state index contributed by atoms with van der Waals surface area (Å²) >= 11 is 0. The molecule has 0 aliphatic carbocycles. The summed E-state index contributed by atoms with van der Waals surface area (Å²) in [6, 6.07) is 0. The van der Waals surface area contributed by atoms with Crippen LogP contribution in [0.2, 0.25) is 0 Å². The van der Waals surface area contributed by atoms with Crippen molar-refractivity contribution in [3.63, 3.8) is 0 Å². The fourth-order valence-corrected chi connectivity index (χ4v) is 0.643. The van der Waals surface area contributed by atoms with E-state index >= 15 is 0 Å². The zero-order valence-corrected chi connectivity index (χ0v) is 7.58. The molecule has 0 amide bonds. The minimum atomic E-state index is -0.182. The molecule has 74 valence electrons. The summed E-state index contributed by atoms with van der Waals surface area (Å²) in [5.74, 6) is 0. The molecular weight excluding hydrogens is 160 g/mol. The molecule has 0 radical (unpaired) electrons. The van der Waals surface area contributed by atoms with Gasteiger partial charge in [-0.2, -0.15) is 0 Å². The fraction of sp³-hybridized carbons (Fsp3) is 1.00. The normalized spacial score (nSPS) is 10.5. The first-order valence-electron chi connectivity index (χ1n) is 4.23. The van der Waals surface area contributed by atoms with E-state index in [1.807, 2.05) is 6.92 Å². The predicted octanol–water partition coefficient (Wildman–Crippen LogP) is -0.584. The van der Waals surface area contributed by atoms with Gasteiger partial charge in [-0.1, -0.05) is 0 Å². The Hall–Kier alpha value is -0.160. The molecule has 12 heavy (non-hydrogen) atoms. The molecule has 0 rings (SSSR count). The van der Waals surface area contributed by atoms with Crippen LogP contribution in [0.15, 0.2) is 0 Å². The first-order valence-corrected chi connectivity index (χ1v) is 4.23. The molecule has 0 aliphatic heterocycles. The maximum Gasteiger partial charge on any atom is 0.0701 e. The van der Waals surface area contributed by atoms with Gasteiger partial charge in [0.1, 0.15) is 0 Å². The number of hydrogen-bond donors (Lipinski definition) is 0. The van der Waals surface area contributed by atoms with Crippen LogP contribution in [-0.4, -0.2) is 46.2 Å². The summed E-state index contributed by atoms with van der Waals surface area (Å²) in [4.78, 5) is 0. The lowest BCUT2D eigenvalue weighted by atomic mass is 10.7. The average Bonchev–Trinajstić information content (AvgIpc) is 2.10. The minimum Gasteiger partial charge on any atom is -0.853 e. The molecule has 0 aromatic rings. The van der Waals surface area contributed by atoms with Crippen molar-refractivity contribution in [2.75, 3.05) is 46.2 Å². The van der Waals surface area contributed by atoms with E-state index in [1.165, 1.54) is 0 Å². The molecule has 0 N–H and O–H groups in total. The number of rotatable bonds is 9. The van der Waals surface area contributed by atoms with Crippen molar-refractivity contribution in [2.45, 2.75) is 6.92 Å². The van der Waals surface area contributed by atoms with E-state index in [0.29, 0.717) is 26.4 Å². The predicted molar refractivity (Wildman–Crippen MR) is 43.0 cm³/mol. The van der Waals surface area contributed by atoms with Crippen molar-refractivity contribution in [3.8, 4) is 0 Å². The lowest BCUT2D eigenvalue weighted by Gasteiger charge is -2.06. The Labute approximate surface area is 73.4 Å². The van der Waals surface area contributed by atoms with Crippen molar-refractivity contribution in [3.05, 3.63) is 0 Å². The van der Waals surface area contributed by atoms with Crippen LogP contribution in [-0.2, 0) is 14.2 Å². The summed E-state index contributed by atoms with van der Waals surface area (Å²) in [6.45, 7) is 5.00. The third-order valence-electron chi connectivity index (χ3n) is 1.18. The van der Waals surface area contributed by atoms with Gasteiger partial charge in [0.05, 0.1) is 26.4 Å². The molecule has 0 atom stereocenters. The second-order valence-corrected chi connectivity index (χ2v) is 2.13. The van der Waals surface area contributed by atoms with Gasteiger partial charge in [0.15, 0.2) is 0 Å². The molecule has 0 aliphatic rings. The molecule has 4 heteroatoms. The van der Waals surface area contributed by atoms with Crippen LogP contribution < -0.4 is 5.11 Å². The monoisotopic (exact) mass is 177 g/mol. The van der Waals surface area contributed by atoms with E-state index in [9.17, 15) is 5.11 Å². The van der Waals surface area contributed by atoms with Crippen LogP contribution >= 0.6 is 0 Å². The first-order chi connectivity index (χ1) is 5.91. The van der Waals surface area contributed by atoms with Gasteiger partial charge >= 0.3 is 0 Å². The van der Waals surface area contributed by atoms with E-state index in [-0.39, 0.29) is 13.2 Å². The second kappa shape index (κ2) is 10.8. The highest BCUT2D eigenvalue weighted by Crippen LogP contribution is 1.79. The third kappa shape index (κ3) is 9.84. The first kappa shape index (κ1) is 11.8.